The summed E-state index contributed by atoms with van der Waals surface area (Å²) < 4.78 is 0. The normalized spacial score (nSPS) is 11.6. The number of amides is 2. The summed E-state index contributed by atoms with van der Waals surface area (Å²) in [5.41, 5.74) is 4.39. The SMILES string of the molecule is CCCCNC(=O)[C@H](Cc1ccccc1)N(Cc1ccccc1)C(=O)CCc1ccc(C)cc1. The first kappa shape index (κ1) is 25.2. The second-order valence-corrected chi connectivity index (χ2v) is 8.84. The fourth-order valence-electron chi connectivity index (χ4n) is 3.99. The molecule has 0 aliphatic carbocycles. The Morgan fingerprint density at radius 3 is 2.06 bits per heavy atom. The van der Waals surface area contributed by atoms with E-state index in [1.807, 2.05) is 60.7 Å². The third kappa shape index (κ3) is 7.87. The molecule has 0 aliphatic heterocycles. The Kier molecular flexibility index (Phi) is 9.90. The monoisotopic (exact) mass is 456 g/mol. The first-order valence-corrected chi connectivity index (χ1v) is 12.3. The number of unbranched alkanes of at least 4 members (excludes halogenated alkanes) is 1. The first-order chi connectivity index (χ1) is 16.6. The summed E-state index contributed by atoms with van der Waals surface area (Å²) in [4.78, 5) is 28.7. The quantitative estimate of drug-likeness (QED) is 0.367. The lowest BCUT2D eigenvalue weighted by atomic mass is 10.0. The van der Waals surface area contributed by atoms with Gasteiger partial charge in [0.1, 0.15) is 6.04 Å². The number of aryl methyl sites for hydroxylation is 2. The summed E-state index contributed by atoms with van der Waals surface area (Å²) in [5, 5.41) is 3.07. The standard InChI is InChI=1S/C30H36N2O2/c1-3-4-21-31-30(34)28(22-26-11-7-5-8-12-26)32(23-27-13-9-6-10-14-27)29(33)20-19-25-17-15-24(2)16-18-25/h5-18,28H,3-4,19-23H2,1-2H3,(H,31,34)/t28-/m0/s1. The molecule has 0 saturated carbocycles. The molecule has 0 unspecified atom stereocenters. The molecule has 3 aromatic carbocycles. The van der Waals surface area contributed by atoms with Crippen molar-refractivity contribution in [2.24, 2.45) is 0 Å². The molecular formula is C30H36N2O2. The van der Waals surface area contributed by atoms with Gasteiger partial charge >= 0.3 is 0 Å². The molecule has 1 N–H and O–H groups in total. The second kappa shape index (κ2) is 13.3. The maximum atomic E-state index is 13.6. The highest BCUT2D eigenvalue weighted by Crippen LogP contribution is 2.17. The molecule has 0 radical (unpaired) electrons. The number of hydrogen-bond acceptors (Lipinski definition) is 2. The molecule has 0 aromatic heterocycles. The molecular weight excluding hydrogens is 420 g/mol. The van der Waals surface area contributed by atoms with Crippen molar-refractivity contribution in [3.8, 4) is 0 Å². The Labute approximate surface area is 204 Å². The largest absolute Gasteiger partial charge is 0.354 e. The van der Waals surface area contributed by atoms with Crippen LogP contribution in [0.15, 0.2) is 84.9 Å². The van der Waals surface area contributed by atoms with Crippen molar-refractivity contribution in [2.75, 3.05) is 6.54 Å². The summed E-state index contributed by atoms with van der Waals surface area (Å²) in [6, 6.07) is 27.6. The molecule has 34 heavy (non-hydrogen) atoms. The van der Waals surface area contributed by atoms with Gasteiger partial charge in [0.2, 0.25) is 11.8 Å². The summed E-state index contributed by atoms with van der Waals surface area (Å²) in [5.74, 6) is -0.0899. The summed E-state index contributed by atoms with van der Waals surface area (Å²) >= 11 is 0. The zero-order valence-electron chi connectivity index (χ0n) is 20.4. The number of hydrogen-bond donors (Lipinski definition) is 1. The molecule has 2 amide bonds. The van der Waals surface area contributed by atoms with E-state index in [2.05, 4.69) is 43.4 Å². The lowest BCUT2D eigenvalue weighted by molar-refractivity contribution is -0.141. The Morgan fingerprint density at radius 2 is 1.44 bits per heavy atom. The van der Waals surface area contributed by atoms with Crippen molar-refractivity contribution in [3.63, 3.8) is 0 Å². The maximum Gasteiger partial charge on any atom is 0.243 e. The van der Waals surface area contributed by atoms with E-state index in [0.29, 0.717) is 32.4 Å². The van der Waals surface area contributed by atoms with E-state index in [-0.39, 0.29) is 11.8 Å². The van der Waals surface area contributed by atoms with Crippen molar-refractivity contribution in [1.29, 1.82) is 0 Å². The average molecular weight is 457 g/mol. The van der Waals surface area contributed by atoms with Gasteiger partial charge in [0.05, 0.1) is 0 Å². The van der Waals surface area contributed by atoms with E-state index < -0.39 is 6.04 Å². The molecule has 0 fully saturated rings. The molecule has 0 aliphatic rings. The van der Waals surface area contributed by atoms with E-state index in [4.69, 9.17) is 0 Å². The van der Waals surface area contributed by atoms with Gasteiger partial charge in [0, 0.05) is 25.9 Å². The summed E-state index contributed by atoms with van der Waals surface area (Å²) in [6.07, 6.45) is 3.43. The van der Waals surface area contributed by atoms with Crippen molar-refractivity contribution < 1.29 is 9.59 Å². The van der Waals surface area contributed by atoms with Gasteiger partial charge in [-0.05, 0) is 36.5 Å². The van der Waals surface area contributed by atoms with E-state index in [0.717, 1.165) is 29.5 Å². The minimum atomic E-state index is -0.565. The Balaban J connectivity index is 1.85. The maximum absolute atomic E-state index is 13.6. The van der Waals surface area contributed by atoms with Crippen LogP contribution in [0.2, 0.25) is 0 Å². The van der Waals surface area contributed by atoms with Crippen LogP contribution < -0.4 is 5.32 Å². The molecule has 178 valence electrons. The Morgan fingerprint density at radius 1 is 0.824 bits per heavy atom. The van der Waals surface area contributed by atoms with Crippen molar-refractivity contribution in [3.05, 3.63) is 107 Å². The zero-order valence-corrected chi connectivity index (χ0v) is 20.4. The van der Waals surface area contributed by atoms with Crippen molar-refractivity contribution in [2.45, 2.75) is 58.5 Å². The molecule has 4 nitrogen and oxygen atoms in total. The lowest BCUT2D eigenvalue weighted by Gasteiger charge is -2.31. The number of nitrogens with one attached hydrogen (secondary N) is 1. The highest BCUT2D eigenvalue weighted by molar-refractivity contribution is 5.88. The minimum absolute atomic E-state index is 0.00370. The summed E-state index contributed by atoms with van der Waals surface area (Å²) in [7, 11) is 0. The number of carbonyl (C=O) groups is 2. The van der Waals surface area contributed by atoms with Crippen LogP contribution in [0.25, 0.3) is 0 Å². The van der Waals surface area contributed by atoms with Gasteiger partial charge in [-0.3, -0.25) is 9.59 Å². The van der Waals surface area contributed by atoms with Gasteiger partial charge in [-0.2, -0.15) is 0 Å². The third-order valence-corrected chi connectivity index (χ3v) is 6.04. The predicted octanol–water partition coefficient (Wildman–Crippen LogP) is 5.48. The molecule has 3 aromatic rings. The van der Waals surface area contributed by atoms with Crippen LogP contribution in [0.3, 0.4) is 0 Å². The van der Waals surface area contributed by atoms with Gasteiger partial charge in [0.15, 0.2) is 0 Å². The minimum Gasteiger partial charge on any atom is -0.354 e. The molecule has 1 atom stereocenters. The van der Waals surface area contributed by atoms with Crippen LogP contribution in [0, 0.1) is 6.92 Å². The van der Waals surface area contributed by atoms with Gasteiger partial charge < -0.3 is 10.2 Å². The molecule has 3 rings (SSSR count). The van der Waals surface area contributed by atoms with E-state index in [9.17, 15) is 9.59 Å². The van der Waals surface area contributed by atoms with Gasteiger partial charge in [-0.1, -0.05) is 104 Å². The third-order valence-electron chi connectivity index (χ3n) is 6.04. The average Bonchev–Trinajstić information content (AvgIpc) is 2.87. The van der Waals surface area contributed by atoms with Crippen LogP contribution in [-0.4, -0.2) is 29.3 Å². The first-order valence-electron chi connectivity index (χ1n) is 12.3. The predicted molar refractivity (Wildman–Crippen MR) is 138 cm³/mol. The van der Waals surface area contributed by atoms with Crippen molar-refractivity contribution >= 4 is 11.8 Å². The topological polar surface area (TPSA) is 49.4 Å². The van der Waals surface area contributed by atoms with Crippen LogP contribution in [0.5, 0.6) is 0 Å². The Hall–Kier alpha value is -3.40. The van der Waals surface area contributed by atoms with Gasteiger partial charge in [-0.25, -0.2) is 0 Å². The smallest absolute Gasteiger partial charge is 0.243 e. The van der Waals surface area contributed by atoms with Crippen LogP contribution in [0.4, 0.5) is 0 Å². The molecule has 4 heteroatoms. The number of carbonyl (C=O) groups excluding carboxylic acids is 2. The van der Waals surface area contributed by atoms with Crippen LogP contribution >= 0.6 is 0 Å². The van der Waals surface area contributed by atoms with Crippen LogP contribution in [-0.2, 0) is 29.0 Å². The highest BCUT2D eigenvalue weighted by atomic mass is 16.2. The number of rotatable bonds is 12. The molecule has 0 bridgehead atoms. The van der Waals surface area contributed by atoms with E-state index in [1.165, 1.54) is 5.56 Å². The van der Waals surface area contributed by atoms with Crippen LogP contribution in [0.1, 0.15) is 48.4 Å². The van der Waals surface area contributed by atoms with Gasteiger partial charge in [-0.15, -0.1) is 0 Å². The van der Waals surface area contributed by atoms with Crippen molar-refractivity contribution in [1.82, 2.24) is 10.2 Å². The summed E-state index contributed by atoms with van der Waals surface area (Å²) in [6.45, 7) is 5.19. The van der Waals surface area contributed by atoms with E-state index >= 15 is 0 Å². The molecule has 0 heterocycles. The number of benzene rings is 3. The fourth-order valence-corrected chi connectivity index (χ4v) is 3.99. The lowest BCUT2D eigenvalue weighted by Crippen LogP contribution is -2.50. The van der Waals surface area contributed by atoms with Gasteiger partial charge in [0.25, 0.3) is 0 Å². The Bertz CT molecular complexity index is 1020. The second-order valence-electron chi connectivity index (χ2n) is 8.84. The van der Waals surface area contributed by atoms with E-state index in [1.54, 1.807) is 4.90 Å². The fraction of sp³-hybridized carbons (Fsp3) is 0.333. The number of nitrogens with zero attached hydrogens (tertiary/aromatic N) is 1. The molecule has 0 spiro atoms. The zero-order chi connectivity index (χ0) is 24.2. The highest BCUT2D eigenvalue weighted by Gasteiger charge is 2.30. The molecule has 0 saturated heterocycles.